The normalized spacial score (nSPS) is 10.2. The average molecular weight is 166 g/mol. The van der Waals surface area contributed by atoms with Crippen LogP contribution < -0.4 is 4.57 Å². The highest BCUT2D eigenvalue weighted by molar-refractivity contribution is 5.01. The third kappa shape index (κ3) is 3.01. The van der Waals surface area contributed by atoms with Gasteiger partial charge in [0.15, 0.2) is 12.4 Å². The number of rotatable bonds is 4. The Bertz CT molecular complexity index is 235. The summed E-state index contributed by atoms with van der Waals surface area (Å²) in [7, 11) is 0. The molecule has 1 aromatic heterocycles. The van der Waals surface area contributed by atoms with E-state index >= 15 is 0 Å². The molecule has 0 unspecified atom stereocenters. The van der Waals surface area contributed by atoms with Gasteiger partial charge < -0.3 is 5.11 Å². The first kappa shape index (κ1) is 9.20. The van der Waals surface area contributed by atoms with E-state index < -0.39 is 0 Å². The average Bonchev–Trinajstić information content (AvgIpc) is 2.05. The highest BCUT2D eigenvalue weighted by Crippen LogP contribution is 1.91. The smallest absolute Gasteiger partial charge is 0.171 e. The maximum absolute atomic E-state index is 8.59. The summed E-state index contributed by atoms with van der Waals surface area (Å²) in [5, 5.41) is 8.59. The lowest BCUT2D eigenvalue weighted by Gasteiger charge is -1.96. The Morgan fingerprint density at radius 1 is 1.42 bits per heavy atom. The van der Waals surface area contributed by atoms with Gasteiger partial charge in [0.05, 0.1) is 0 Å². The van der Waals surface area contributed by atoms with E-state index in [-0.39, 0.29) is 0 Å². The van der Waals surface area contributed by atoms with E-state index in [1.54, 1.807) is 0 Å². The first-order valence-electron chi connectivity index (χ1n) is 4.39. The van der Waals surface area contributed by atoms with Crippen molar-refractivity contribution in [3.05, 3.63) is 30.1 Å². The minimum Gasteiger partial charge on any atom is -0.396 e. The van der Waals surface area contributed by atoms with Crippen LogP contribution in [-0.2, 0) is 6.54 Å². The van der Waals surface area contributed by atoms with Gasteiger partial charge in [-0.15, -0.1) is 0 Å². The van der Waals surface area contributed by atoms with E-state index in [9.17, 15) is 0 Å². The molecule has 0 aliphatic rings. The number of nitrogens with zero attached hydrogens (tertiary/aromatic N) is 1. The Kier molecular flexibility index (Phi) is 3.74. The molecule has 0 saturated carbocycles. The van der Waals surface area contributed by atoms with E-state index in [4.69, 9.17) is 5.11 Å². The fraction of sp³-hybridized carbons (Fsp3) is 0.500. The van der Waals surface area contributed by atoms with Crippen molar-refractivity contribution >= 4 is 0 Å². The number of aliphatic hydroxyl groups is 1. The standard InChI is InChI=1S/C10H16NO/c1-10-5-4-7-11(9-10)6-2-3-8-12/h4-5,7,9,12H,2-3,6,8H2,1H3/q+1. The zero-order chi connectivity index (χ0) is 8.81. The molecule has 2 heteroatoms. The lowest BCUT2D eigenvalue weighted by Crippen LogP contribution is -2.32. The largest absolute Gasteiger partial charge is 0.396 e. The van der Waals surface area contributed by atoms with E-state index in [1.807, 2.05) is 6.07 Å². The lowest BCUT2D eigenvalue weighted by atomic mass is 10.3. The van der Waals surface area contributed by atoms with Gasteiger partial charge >= 0.3 is 0 Å². The third-order valence-corrected chi connectivity index (χ3v) is 1.83. The Morgan fingerprint density at radius 2 is 2.25 bits per heavy atom. The van der Waals surface area contributed by atoms with Crippen LogP contribution in [0.4, 0.5) is 0 Å². The molecule has 66 valence electrons. The maximum Gasteiger partial charge on any atom is 0.171 e. The molecule has 0 aliphatic heterocycles. The summed E-state index contributed by atoms with van der Waals surface area (Å²) in [6, 6.07) is 4.14. The van der Waals surface area contributed by atoms with Crippen molar-refractivity contribution in [2.24, 2.45) is 0 Å². The molecule has 12 heavy (non-hydrogen) atoms. The number of aryl methyl sites for hydroxylation is 2. The molecule has 1 N–H and O–H groups in total. The number of pyridine rings is 1. The second kappa shape index (κ2) is 4.88. The maximum atomic E-state index is 8.59. The van der Waals surface area contributed by atoms with Gasteiger partial charge in [-0.1, -0.05) is 0 Å². The van der Waals surface area contributed by atoms with Gasteiger partial charge in [0.1, 0.15) is 6.54 Å². The summed E-state index contributed by atoms with van der Waals surface area (Å²) in [6.07, 6.45) is 6.12. The van der Waals surface area contributed by atoms with Crippen molar-refractivity contribution in [3.8, 4) is 0 Å². The van der Waals surface area contributed by atoms with E-state index in [0.29, 0.717) is 6.61 Å². The van der Waals surface area contributed by atoms with Crippen molar-refractivity contribution in [1.29, 1.82) is 0 Å². The summed E-state index contributed by atoms with van der Waals surface area (Å²) >= 11 is 0. The number of aromatic nitrogens is 1. The Hall–Kier alpha value is -0.890. The molecule has 1 rings (SSSR count). The molecular weight excluding hydrogens is 150 g/mol. The minimum atomic E-state index is 0.298. The van der Waals surface area contributed by atoms with Crippen LogP contribution in [0.1, 0.15) is 18.4 Å². The predicted octanol–water partition coefficient (Wildman–Crippen LogP) is 1.06. The molecule has 0 aliphatic carbocycles. The summed E-state index contributed by atoms with van der Waals surface area (Å²) < 4.78 is 2.16. The molecular formula is C10H16NO+. The summed E-state index contributed by atoms with van der Waals surface area (Å²) in [4.78, 5) is 0. The molecule has 0 fully saturated rings. The number of hydrogen-bond donors (Lipinski definition) is 1. The van der Waals surface area contributed by atoms with Gasteiger partial charge in [0.2, 0.25) is 0 Å². The second-order valence-electron chi connectivity index (χ2n) is 3.05. The predicted molar refractivity (Wildman–Crippen MR) is 47.7 cm³/mol. The summed E-state index contributed by atoms with van der Waals surface area (Å²) in [5.41, 5.74) is 1.28. The van der Waals surface area contributed by atoms with Crippen LogP contribution >= 0.6 is 0 Å². The second-order valence-corrected chi connectivity index (χ2v) is 3.05. The van der Waals surface area contributed by atoms with Crippen LogP contribution in [0.5, 0.6) is 0 Å². The minimum absolute atomic E-state index is 0.298. The van der Waals surface area contributed by atoms with Crippen LogP contribution in [0, 0.1) is 6.92 Å². The molecule has 1 heterocycles. The monoisotopic (exact) mass is 166 g/mol. The highest BCUT2D eigenvalue weighted by atomic mass is 16.2. The van der Waals surface area contributed by atoms with E-state index in [2.05, 4.69) is 30.0 Å². The molecule has 0 radical (unpaired) electrons. The SMILES string of the molecule is Cc1ccc[n+](CCCCO)c1. The number of aliphatic hydroxyl groups excluding tert-OH is 1. The fourth-order valence-electron chi connectivity index (χ4n) is 1.20. The Morgan fingerprint density at radius 3 is 2.92 bits per heavy atom. The van der Waals surface area contributed by atoms with Crippen molar-refractivity contribution in [1.82, 2.24) is 0 Å². The molecule has 0 bridgehead atoms. The molecule has 0 atom stereocenters. The Balaban J connectivity index is 2.41. The van der Waals surface area contributed by atoms with Gasteiger partial charge in [-0.05, 0) is 19.4 Å². The lowest BCUT2D eigenvalue weighted by molar-refractivity contribution is -0.697. The molecule has 0 aromatic carbocycles. The van der Waals surface area contributed by atoms with Gasteiger partial charge in [-0.2, -0.15) is 0 Å². The third-order valence-electron chi connectivity index (χ3n) is 1.83. The van der Waals surface area contributed by atoms with Crippen molar-refractivity contribution in [2.45, 2.75) is 26.3 Å². The number of hydrogen-bond acceptors (Lipinski definition) is 1. The van der Waals surface area contributed by atoms with Crippen molar-refractivity contribution < 1.29 is 9.67 Å². The highest BCUT2D eigenvalue weighted by Gasteiger charge is 1.98. The van der Waals surface area contributed by atoms with Crippen LogP contribution in [-0.4, -0.2) is 11.7 Å². The van der Waals surface area contributed by atoms with Crippen molar-refractivity contribution in [3.63, 3.8) is 0 Å². The summed E-state index contributed by atoms with van der Waals surface area (Å²) in [6.45, 7) is 3.39. The van der Waals surface area contributed by atoms with Gasteiger partial charge in [0, 0.05) is 24.7 Å². The van der Waals surface area contributed by atoms with Crippen molar-refractivity contribution in [2.75, 3.05) is 6.61 Å². The van der Waals surface area contributed by atoms with Crippen LogP contribution in [0.2, 0.25) is 0 Å². The van der Waals surface area contributed by atoms with Crippen LogP contribution in [0.3, 0.4) is 0 Å². The molecule has 0 spiro atoms. The van der Waals surface area contributed by atoms with Crippen LogP contribution in [0.15, 0.2) is 24.5 Å². The Labute approximate surface area is 73.5 Å². The quantitative estimate of drug-likeness (QED) is 0.525. The van der Waals surface area contributed by atoms with E-state index in [0.717, 1.165) is 19.4 Å². The zero-order valence-electron chi connectivity index (χ0n) is 7.53. The zero-order valence-corrected chi connectivity index (χ0v) is 7.53. The first-order chi connectivity index (χ1) is 5.83. The van der Waals surface area contributed by atoms with Gasteiger partial charge in [0.25, 0.3) is 0 Å². The van der Waals surface area contributed by atoms with Gasteiger partial charge in [-0.3, -0.25) is 0 Å². The molecule has 1 aromatic rings. The van der Waals surface area contributed by atoms with Crippen LogP contribution in [0.25, 0.3) is 0 Å². The van der Waals surface area contributed by atoms with E-state index in [1.165, 1.54) is 5.56 Å². The molecule has 0 saturated heterocycles. The summed E-state index contributed by atoms with van der Waals surface area (Å²) in [5.74, 6) is 0. The topological polar surface area (TPSA) is 24.1 Å². The first-order valence-corrected chi connectivity index (χ1v) is 4.39. The molecule has 0 amide bonds. The van der Waals surface area contributed by atoms with Gasteiger partial charge in [-0.25, -0.2) is 4.57 Å². The number of unbranched alkanes of at least 4 members (excludes halogenated alkanes) is 1. The molecule has 2 nitrogen and oxygen atoms in total. The fourth-order valence-corrected chi connectivity index (χ4v) is 1.20.